The van der Waals surface area contributed by atoms with E-state index < -0.39 is 0 Å². The van der Waals surface area contributed by atoms with Crippen LogP contribution in [-0.4, -0.2) is 0 Å². The average Bonchev–Trinajstić information content (AvgIpc) is 2.33. The fourth-order valence-corrected chi connectivity index (χ4v) is 2.43. The Balaban J connectivity index is 2.13. The molecule has 0 unspecified atom stereocenters. The Kier molecular flexibility index (Phi) is 4.00. The summed E-state index contributed by atoms with van der Waals surface area (Å²) in [5.41, 5.74) is 0.784. The smallest absolute Gasteiger partial charge is 0.104 e. The van der Waals surface area contributed by atoms with Gasteiger partial charge in [0.1, 0.15) is 5.83 Å². The second kappa shape index (κ2) is 5.49. The minimum Gasteiger partial charge on any atom is -0.212 e. The molecule has 2 heteroatoms. The molecule has 0 nitrogen and oxygen atoms in total. The molecular formula is C14H16ClF. The van der Waals surface area contributed by atoms with Crippen LogP contribution in [0.15, 0.2) is 30.1 Å². The van der Waals surface area contributed by atoms with E-state index in [1.54, 1.807) is 12.1 Å². The minimum atomic E-state index is -0.00667. The summed E-state index contributed by atoms with van der Waals surface area (Å²) in [6.45, 7) is 0. The van der Waals surface area contributed by atoms with E-state index in [-0.39, 0.29) is 11.7 Å². The highest BCUT2D eigenvalue weighted by Gasteiger charge is 2.17. The van der Waals surface area contributed by atoms with Gasteiger partial charge in [0, 0.05) is 10.9 Å². The van der Waals surface area contributed by atoms with Crippen LogP contribution < -0.4 is 0 Å². The zero-order valence-electron chi connectivity index (χ0n) is 9.26. The van der Waals surface area contributed by atoms with E-state index in [4.69, 9.17) is 11.6 Å². The molecule has 0 N–H and O–H groups in total. The summed E-state index contributed by atoms with van der Waals surface area (Å²) in [4.78, 5) is 0. The summed E-state index contributed by atoms with van der Waals surface area (Å²) in [5, 5.41) is 0.619. The molecule has 0 spiro atoms. The molecule has 0 saturated heterocycles. The number of halogens is 2. The largest absolute Gasteiger partial charge is 0.212 e. The van der Waals surface area contributed by atoms with Crippen LogP contribution in [0, 0.1) is 5.92 Å². The van der Waals surface area contributed by atoms with E-state index in [9.17, 15) is 4.39 Å². The van der Waals surface area contributed by atoms with Crippen LogP contribution in [0.1, 0.15) is 37.7 Å². The van der Waals surface area contributed by atoms with E-state index in [0.29, 0.717) is 5.02 Å². The Morgan fingerprint density at radius 3 is 2.56 bits per heavy atom. The van der Waals surface area contributed by atoms with Gasteiger partial charge in [0.25, 0.3) is 0 Å². The van der Waals surface area contributed by atoms with Crippen molar-refractivity contribution in [3.63, 3.8) is 0 Å². The van der Waals surface area contributed by atoms with Crippen molar-refractivity contribution in [2.45, 2.75) is 32.1 Å². The Labute approximate surface area is 101 Å². The van der Waals surface area contributed by atoms with Crippen molar-refractivity contribution < 1.29 is 4.39 Å². The third kappa shape index (κ3) is 2.85. The summed E-state index contributed by atoms with van der Waals surface area (Å²) in [7, 11) is 0. The lowest BCUT2D eigenvalue weighted by Gasteiger charge is -2.19. The molecule has 1 fully saturated rings. The second-order valence-electron chi connectivity index (χ2n) is 4.39. The summed E-state index contributed by atoms with van der Waals surface area (Å²) < 4.78 is 14.0. The quantitative estimate of drug-likeness (QED) is 0.662. The number of benzene rings is 1. The van der Waals surface area contributed by atoms with E-state index in [1.165, 1.54) is 6.42 Å². The van der Waals surface area contributed by atoms with E-state index >= 15 is 0 Å². The van der Waals surface area contributed by atoms with E-state index in [1.807, 2.05) is 18.2 Å². The number of allylic oxidation sites excluding steroid dienone is 1. The molecule has 1 aliphatic rings. The molecule has 0 atom stereocenters. The molecule has 1 aromatic rings. The third-order valence-electron chi connectivity index (χ3n) is 3.19. The minimum absolute atomic E-state index is 0.00667. The zero-order chi connectivity index (χ0) is 11.4. The lowest BCUT2D eigenvalue weighted by atomic mass is 9.88. The Bertz CT molecular complexity index is 378. The monoisotopic (exact) mass is 238 g/mol. The van der Waals surface area contributed by atoms with Crippen molar-refractivity contribution in [1.82, 2.24) is 0 Å². The maximum atomic E-state index is 14.0. The predicted octanol–water partition coefficient (Wildman–Crippen LogP) is 5.23. The van der Waals surface area contributed by atoms with Gasteiger partial charge < -0.3 is 0 Å². The van der Waals surface area contributed by atoms with Gasteiger partial charge in [-0.2, -0.15) is 0 Å². The molecule has 0 amide bonds. The lowest BCUT2D eigenvalue weighted by Crippen LogP contribution is -2.06. The normalized spacial score (nSPS) is 18.8. The maximum absolute atomic E-state index is 14.0. The molecule has 86 valence electrons. The van der Waals surface area contributed by atoms with Gasteiger partial charge in [-0.05, 0) is 30.5 Å². The SMILES string of the molecule is F/C(=C\c1ccccc1Cl)C1CCCCC1. The van der Waals surface area contributed by atoms with Gasteiger partial charge in [-0.15, -0.1) is 0 Å². The van der Waals surface area contributed by atoms with Crippen molar-refractivity contribution in [1.29, 1.82) is 0 Å². The van der Waals surface area contributed by atoms with Gasteiger partial charge in [0.15, 0.2) is 0 Å². The van der Waals surface area contributed by atoms with Gasteiger partial charge in [-0.3, -0.25) is 0 Å². The summed E-state index contributed by atoms with van der Waals surface area (Å²) in [6, 6.07) is 7.39. The molecule has 2 rings (SSSR count). The molecule has 0 heterocycles. The highest BCUT2D eigenvalue weighted by molar-refractivity contribution is 6.32. The molecule has 1 aliphatic carbocycles. The van der Waals surface area contributed by atoms with Crippen molar-refractivity contribution in [3.05, 3.63) is 40.7 Å². The van der Waals surface area contributed by atoms with Crippen LogP contribution in [0.5, 0.6) is 0 Å². The topological polar surface area (TPSA) is 0 Å². The summed E-state index contributed by atoms with van der Waals surface area (Å²) in [6.07, 6.45) is 7.09. The summed E-state index contributed by atoms with van der Waals surface area (Å²) in [5.74, 6) is 0.109. The molecule has 16 heavy (non-hydrogen) atoms. The summed E-state index contributed by atoms with van der Waals surface area (Å²) >= 11 is 6.00. The fraction of sp³-hybridized carbons (Fsp3) is 0.429. The van der Waals surface area contributed by atoms with Crippen molar-refractivity contribution in [2.75, 3.05) is 0 Å². The fourth-order valence-electron chi connectivity index (χ4n) is 2.24. The van der Waals surface area contributed by atoms with Gasteiger partial charge in [-0.25, -0.2) is 4.39 Å². The maximum Gasteiger partial charge on any atom is 0.104 e. The molecule has 0 aliphatic heterocycles. The van der Waals surface area contributed by atoms with E-state index in [2.05, 4.69) is 0 Å². The molecule has 0 radical (unpaired) electrons. The molecule has 0 bridgehead atoms. The highest BCUT2D eigenvalue weighted by atomic mass is 35.5. The van der Waals surface area contributed by atoms with Crippen molar-refractivity contribution >= 4 is 17.7 Å². The van der Waals surface area contributed by atoms with Gasteiger partial charge in [0.2, 0.25) is 0 Å². The van der Waals surface area contributed by atoms with Crippen LogP contribution in [0.3, 0.4) is 0 Å². The first-order valence-electron chi connectivity index (χ1n) is 5.89. The molecule has 1 aromatic carbocycles. The van der Waals surface area contributed by atoms with Gasteiger partial charge >= 0.3 is 0 Å². The Morgan fingerprint density at radius 1 is 1.19 bits per heavy atom. The van der Waals surface area contributed by atoms with Crippen LogP contribution in [0.2, 0.25) is 5.02 Å². The van der Waals surface area contributed by atoms with Crippen molar-refractivity contribution in [3.8, 4) is 0 Å². The average molecular weight is 239 g/mol. The Hall–Kier alpha value is -0.820. The lowest BCUT2D eigenvalue weighted by molar-refractivity contribution is 0.351. The van der Waals surface area contributed by atoms with Gasteiger partial charge in [-0.1, -0.05) is 49.1 Å². The Morgan fingerprint density at radius 2 is 1.88 bits per heavy atom. The standard InChI is InChI=1S/C14H16ClF/c15-13-9-5-4-8-12(13)10-14(16)11-6-2-1-3-7-11/h4-5,8-11H,1-3,6-7H2/b14-10-. The van der Waals surface area contributed by atoms with Gasteiger partial charge in [0.05, 0.1) is 0 Å². The van der Waals surface area contributed by atoms with Crippen LogP contribution >= 0.6 is 11.6 Å². The predicted molar refractivity (Wildman–Crippen MR) is 67.1 cm³/mol. The number of hydrogen-bond acceptors (Lipinski definition) is 0. The first kappa shape index (κ1) is 11.7. The zero-order valence-corrected chi connectivity index (χ0v) is 10.0. The first-order chi connectivity index (χ1) is 7.77. The number of hydrogen-bond donors (Lipinski definition) is 0. The molecule has 1 saturated carbocycles. The third-order valence-corrected chi connectivity index (χ3v) is 3.54. The van der Waals surface area contributed by atoms with Crippen molar-refractivity contribution in [2.24, 2.45) is 5.92 Å². The van der Waals surface area contributed by atoms with Crippen LogP contribution in [0.4, 0.5) is 4.39 Å². The molecule has 0 aromatic heterocycles. The van der Waals surface area contributed by atoms with E-state index in [0.717, 1.165) is 31.2 Å². The first-order valence-corrected chi connectivity index (χ1v) is 6.27. The van der Waals surface area contributed by atoms with Crippen LogP contribution in [0.25, 0.3) is 6.08 Å². The highest BCUT2D eigenvalue weighted by Crippen LogP contribution is 2.32. The second-order valence-corrected chi connectivity index (χ2v) is 4.79. The number of rotatable bonds is 2. The van der Waals surface area contributed by atoms with Crippen LogP contribution in [-0.2, 0) is 0 Å². The molecular weight excluding hydrogens is 223 g/mol.